The summed E-state index contributed by atoms with van der Waals surface area (Å²) in [6, 6.07) is 6.83. The maximum absolute atomic E-state index is 11.6. The predicted octanol–water partition coefficient (Wildman–Crippen LogP) is 1.35. The number of carboxylic acids is 1. The van der Waals surface area contributed by atoms with Crippen LogP contribution in [-0.4, -0.2) is 37.4 Å². The molecule has 1 amide bonds. The number of aliphatic carboxylic acids is 1. The Balaban J connectivity index is 2.23. The molecule has 0 spiro atoms. The molecule has 2 rings (SSSR count). The largest absolute Gasteiger partial charge is 0.497 e. The second kappa shape index (κ2) is 4.95. The first-order valence-corrected chi connectivity index (χ1v) is 5.43. The Bertz CT molecular complexity index is 473. The van der Waals surface area contributed by atoms with E-state index in [2.05, 4.69) is 0 Å². The summed E-state index contributed by atoms with van der Waals surface area (Å²) in [5, 5.41) is 8.95. The molecular weight excluding hydrogens is 238 g/mol. The maximum Gasteiger partial charge on any atom is 0.414 e. The number of anilines is 1. The summed E-state index contributed by atoms with van der Waals surface area (Å²) in [6.45, 7) is 0.00989. The van der Waals surface area contributed by atoms with Crippen molar-refractivity contribution in [3.8, 4) is 5.75 Å². The van der Waals surface area contributed by atoms with Gasteiger partial charge in [-0.05, 0) is 12.1 Å². The van der Waals surface area contributed by atoms with Crippen molar-refractivity contribution in [3.63, 3.8) is 0 Å². The van der Waals surface area contributed by atoms with Crippen LogP contribution in [0.2, 0.25) is 0 Å². The van der Waals surface area contributed by atoms with Crippen molar-refractivity contribution in [1.29, 1.82) is 0 Å². The highest BCUT2D eigenvalue weighted by molar-refractivity contribution is 5.90. The van der Waals surface area contributed by atoms with E-state index in [9.17, 15) is 9.59 Å². The van der Waals surface area contributed by atoms with Crippen molar-refractivity contribution in [2.45, 2.75) is 0 Å². The van der Waals surface area contributed by atoms with E-state index in [-0.39, 0.29) is 13.2 Å². The highest BCUT2D eigenvalue weighted by Gasteiger charge is 2.32. The molecule has 0 aromatic heterocycles. The van der Waals surface area contributed by atoms with Gasteiger partial charge in [0, 0.05) is 12.6 Å². The van der Waals surface area contributed by atoms with Crippen molar-refractivity contribution >= 4 is 17.7 Å². The molecular formula is C12H13NO5. The molecule has 1 aromatic rings. The number of carbonyl (C=O) groups excluding carboxylic acids is 1. The summed E-state index contributed by atoms with van der Waals surface area (Å²) in [7, 11) is 1.52. The number of methoxy groups -OCH3 is 1. The van der Waals surface area contributed by atoms with Crippen molar-refractivity contribution in [2.24, 2.45) is 5.92 Å². The van der Waals surface area contributed by atoms with Crippen molar-refractivity contribution < 1.29 is 24.2 Å². The highest BCUT2D eigenvalue weighted by Crippen LogP contribution is 2.24. The molecule has 1 saturated heterocycles. The fraction of sp³-hybridized carbons (Fsp3) is 0.333. The van der Waals surface area contributed by atoms with E-state index < -0.39 is 18.0 Å². The van der Waals surface area contributed by atoms with E-state index in [1.54, 1.807) is 24.3 Å². The molecule has 0 radical (unpaired) electrons. The van der Waals surface area contributed by atoms with Gasteiger partial charge in [0.1, 0.15) is 18.3 Å². The van der Waals surface area contributed by atoms with Crippen LogP contribution >= 0.6 is 0 Å². The van der Waals surface area contributed by atoms with Crippen LogP contribution < -0.4 is 9.64 Å². The third kappa shape index (κ3) is 2.37. The number of cyclic esters (lactones) is 1. The average molecular weight is 251 g/mol. The minimum atomic E-state index is -0.976. The normalized spacial score (nSPS) is 19.3. The minimum Gasteiger partial charge on any atom is -0.497 e. The maximum atomic E-state index is 11.6. The fourth-order valence-electron chi connectivity index (χ4n) is 1.74. The van der Waals surface area contributed by atoms with Crippen LogP contribution in [0, 0.1) is 5.92 Å². The summed E-state index contributed by atoms with van der Waals surface area (Å²) in [6.07, 6.45) is -0.541. The number of benzene rings is 1. The Morgan fingerprint density at radius 3 is 3.00 bits per heavy atom. The Morgan fingerprint density at radius 2 is 2.33 bits per heavy atom. The Morgan fingerprint density at radius 1 is 1.56 bits per heavy atom. The zero-order valence-electron chi connectivity index (χ0n) is 9.83. The Kier molecular flexibility index (Phi) is 3.36. The van der Waals surface area contributed by atoms with E-state index in [1.807, 2.05) is 0 Å². The van der Waals surface area contributed by atoms with E-state index in [0.717, 1.165) is 0 Å². The van der Waals surface area contributed by atoms with Crippen LogP contribution in [0.1, 0.15) is 0 Å². The quantitative estimate of drug-likeness (QED) is 0.877. The van der Waals surface area contributed by atoms with Gasteiger partial charge in [-0.3, -0.25) is 9.69 Å². The third-order valence-corrected chi connectivity index (χ3v) is 2.75. The monoisotopic (exact) mass is 251 g/mol. The third-order valence-electron chi connectivity index (χ3n) is 2.75. The molecule has 1 N–H and O–H groups in total. The van der Waals surface area contributed by atoms with Crippen molar-refractivity contribution in [1.82, 2.24) is 0 Å². The van der Waals surface area contributed by atoms with Gasteiger partial charge in [0.2, 0.25) is 0 Å². The topological polar surface area (TPSA) is 76.1 Å². The molecule has 96 valence electrons. The molecule has 1 unspecified atom stereocenters. The number of hydrogen-bond donors (Lipinski definition) is 1. The van der Waals surface area contributed by atoms with Crippen LogP contribution in [0.4, 0.5) is 10.5 Å². The van der Waals surface area contributed by atoms with Gasteiger partial charge in [0.25, 0.3) is 0 Å². The molecule has 1 aromatic carbocycles. The van der Waals surface area contributed by atoms with Crippen LogP contribution in [0.5, 0.6) is 5.75 Å². The van der Waals surface area contributed by atoms with Gasteiger partial charge in [0.15, 0.2) is 0 Å². The van der Waals surface area contributed by atoms with Gasteiger partial charge in [-0.2, -0.15) is 0 Å². The number of carbonyl (C=O) groups is 2. The summed E-state index contributed by atoms with van der Waals surface area (Å²) < 4.78 is 9.92. The average Bonchev–Trinajstić information content (AvgIpc) is 2.39. The van der Waals surface area contributed by atoms with Gasteiger partial charge in [-0.1, -0.05) is 6.07 Å². The number of amides is 1. The molecule has 18 heavy (non-hydrogen) atoms. The second-order valence-corrected chi connectivity index (χ2v) is 3.92. The van der Waals surface area contributed by atoms with Crippen LogP contribution in [-0.2, 0) is 9.53 Å². The summed E-state index contributed by atoms with van der Waals surface area (Å²) in [5.41, 5.74) is 0.560. The van der Waals surface area contributed by atoms with E-state index in [4.69, 9.17) is 14.6 Å². The summed E-state index contributed by atoms with van der Waals surface area (Å²) in [5.74, 6) is -1.10. The van der Waals surface area contributed by atoms with Crippen molar-refractivity contribution in [2.75, 3.05) is 25.2 Å². The van der Waals surface area contributed by atoms with E-state index in [0.29, 0.717) is 11.4 Å². The van der Waals surface area contributed by atoms with Gasteiger partial charge in [0.05, 0.1) is 12.8 Å². The second-order valence-electron chi connectivity index (χ2n) is 3.92. The molecule has 6 heteroatoms. The molecule has 0 aliphatic carbocycles. The molecule has 1 aliphatic rings. The minimum absolute atomic E-state index is 0.0887. The standard InChI is InChI=1S/C12H13NO5/c1-17-10-4-2-3-9(5-10)13-6-8(11(14)15)7-18-12(13)16/h2-5,8H,6-7H2,1H3,(H,14,15). The molecule has 6 nitrogen and oxygen atoms in total. The SMILES string of the molecule is COc1cccc(N2CC(C(=O)O)COC2=O)c1. The van der Waals surface area contributed by atoms with Gasteiger partial charge in [-0.25, -0.2) is 4.79 Å². The smallest absolute Gasteiger partial charge is 0.414 e. The lowest BCUT2D eigenvalue weighted by atomic mass is 10.1. The van der Waals surface area contributed by atoms with E-state index >= 15 is 0 Å². The lowest BCUT2D eigenvalue weighted by Crippen LogP contribution is -2.45. The molecule has 0 bridgehead atoms. The Hall–Kier alpha value is -2.24. The lowest BCUT2D eigenvalue weighted by molar-refractivity contribution is -0.143. The van der Waals surface area contributed by atoms with Crippen molar-refractivity contribution in [3.05, 3.63) is 24.3 Å². The highest BCUT2D eigenvalue weighted by atomic mass is 16.6. The summed E-state index contributed by atoms with van der Waals surface area (Å²) in [4.78, 5) is 23.8. The molecule has 1 atom stereocenters. The zero-order valence-corrected chi connectivity index (χ0v) is 9.83. The molecule has 1 aliphatic heterocycles. The summed E-state index contributed by atoms with van der Waals surface area (Å²) >= 11 is 0. The Labute approximate surface area is 104 Å². The zero-order chi connectivity index (χ0) is 13.1. The van der Waals surface area contributed by atoms with Gasteiger partial charge in [-0.15, -0.1) is 0 Å². The number of ether oxygens (including phenoxy) is 2. The van der Waals surface area contributed by atoms with E-state index in [1.165, 1.54) is 12.0 Å². The first-order chi connectivity index (χ1) is 8.61. The van der Waals surface area contributed by atoms with Gasteiger partial charge < -0.3 is 14.6 Å². The lowest BCUT2D eigenvalue weighted by Gasteiger charge is -2.30. The molecule has 1 heterocycles. The van der Waals surface area contributed by atoms with Crippen LogP contribution in [0.3, 0.4) is 0 Å². The number of carboxylic acid groups (broad SMARTS) is 1. The van der Waals surface area contributed by atoms with Crippen LogP contribution in [0.25, 0.3) is 0 Å². The van der Waals surface area contributed by atoms with Gasteiger partial charge >= 0.3 is 12.1 Å². The van der Waals surface area contributed by atoms with Crippen LogP contribution in [0.15, 0.2) is 24.3 Å². The predicted molar refractivity (Wildman–Crippen MR) is 62.8 cm³/mol. The number of nitrogens with zero attached hydrogens (tertiary/aromatic N) is 1. The number of hydrogen-bond acceptors (Lipinski definition) is 4. The molecule has 0 saturated carbocycles. The number of rotatable bonds is 3. The molecule has 1 fully saturated rings. The first-order valence-electron chi connectivity index (χ1n) is 5.43. The fourth-order valence-corrected chi connectivity index (χ4v) is 1.74. The first kappa shape index (κ1) is 12.2.